The maximum absolute atomic E-state index is 12.5. The van der Waals surface area contributed by atoms with Gasteiger partial charge in [-0.3, -0.25) is 4.79 Å². The molecule has 2 aromatic carbocycles. The predicted octanol–water partition coefficient (Wildman–Crippen LogP) is 4.02. The van der Waals surface area contributed by atoms with Crippen LogP contribution < -0.4 is 9.54 Å². The lowest BCUT2D eigenvalue weighted by Crippen LogP contribution is -2.17. The number of aromatic nitrogens is 1. The van der Waals surface area contributed by atoms with Crippen molar-refractivity contribution in [2.75, 3.05) is 7.11 Å². The van der Waals surface area contributed by atoms with Crippen LogP contribution in [-0.4, -0.2) is 17.6 Å². The fourth-order valence-corrected chi connectivity index (χ4v) is 4.07. The molecule has 0 spiro atoms. The van der Waals surface area contributed by atoms with E-state index in [1.54, 1.807) is 7.11 Å². The van der Waals surface area contributed by atoms with Crippen LogP contribution in [-0.2, 0) is 17.8 Å². The summed E-state index contributed by atoms with van der Waals surface area (Å²) in [5, 5.41) is 0. The Kier molecular flexibility index (Phi) is 5.04. The first-order valence-electron chi connectivity index (χ1n) is 8.33. The molecule has 0 N–H and O–H groups in total. The standard InChI is InChI=1S/C20H22N2O2S/c1-5-22-19-16(24-4)7-6-8-17(19)25-20(22)21-18(23)12-15-11-13(2)9-10-14(15)3/h6-11H,5,12H2,1-4H3. The van der Waals surface area contributed by atoms with Crippen LogP contribution in [0.3, 0.4) is 0 Å². The SMILES string of the molecule is CCn1c(=NC(=O)Cc2cc(C)ccc2C)sc2cccc(OC)c21. The molecule has 0 aliphatic heterocycles. The molecule has 0 saturated heterocycles. The molecular formula is C20H22N2O2S. The van der Waals surface area contributed by atoms with Crippen LogP contribution in [0.2, 0.25) is 0 Å². The normalized spacial score (nSPS) is 11.9. The molecule has 5 heteroatoms. The van der Waals surface area contributed by atoms with E-state index in [-0.39, 0.29) is 5.91 Å². The van der Waals surface area contributed by atoms with Crippen LogP contribution in [0.1, 0.15) is 23.6 Å². The predicted molar refractivity (Wildman–Crippen MR) is 102 cm³/mol. The minimum atomic E-state index is -0.124. The maximum Gasteiger partial charge on any atom is 0.252 e. The molecule has 0 fully saturated rings. The minimum absolute atomic E-state index is 0.124. The zero-order valence-corrected chi connectivity index (χ0v) is 15.8. The third-order valence-corrected chi connectivity index (χ3v) is 5.31. The van der Waals surface area contributed by atoms with Gasteiger partial charge in [0.05, 0.1) is 18.2 Å². The van der Waals surface area contributed by atoms with Crippen LogP contribution in [0, 0.1) is 13.8 Å². The Bertz CT molecular complexity index is 999. The van der Waals surface area contributed by atoms with Crippen molar-refractivity contribution in [2.45, 2.75) is 33.7 Å². The molecule has 0 aliphatic carbocycles. The Morgan fingerprint density at radius 1 is 1.24 bits per heavy atom. The number of carbonyl (C=O) groups is 1. The zero-order valence-electron chi connectivity index (χ0n) is 15.0. The van der Waals surface area contributed by atoms with E-state index in [0.29, 0.717) is 6.42 Å². The van der Waals surface area contributed by atoms with Crippen molar-refractivity contribution in [2.24, 2.45) is 4.99 Å². The third-order valence-electron chi connectivity index (χ3n) is 4.27. The number of hydrogen-bond acceptors (Lipinski definition) is 3. The van der Waals surface area contributed by atoms with Gasteiger partial charge in [-0.05, 0) is 44.0 Å². The molecular weight excluding hydrogens is 332 g/mol. The molecule has 1 aromatic heterocycles. The molecule has 4 nitrogen and oxygen atoms in total. The number of thiazole rings is 1. The molecule has 3 aromatic rings. The van der Waals surface area contributed by atoms with Crippen molar-refractivity contribution in [1.29, 1.82) is 0 Å². The number of ether oxygens (including phenoxy) is 1. The number of hydrogen-bond donors (Lipinski definition) is 0. The molecule has 0 bridgehead atoms. The summed E-state index contributed by atoms with van der Waals surface area (Å²) in [5.41, 5.74) is 4.31. The lowest BCUT2D eigenvalue weighted by Gasteiger charge is -2.06. The van der Waals surface area contributed by atoms with Gasteiger partial charge in [-0.2, -0.15) is 4.99 Å². The van der Waals surface area contributed by atoms with Gasteiger partial charge in [0, 0.05) is 6.54 Å². The average molecular weight is 354 g/mol. The highest BCUT2D eigenvalue weighted by Crippen LogP contribution is 2.27. The lowest BCUT2D eigenvalue weighted by atomic mass is 10.0. The summed E-state index contributed by atoms with van der Waals surface area (Å²) in [6.45, 7) is 6.84. The van der Waals surface area contributed by atoms with E-state index < -0.39 is 0 Å². The highest BCUT2D eigenvalue weighted by Gasteiger charge is 2.12. The highest BCUT2D eigenvalue weighted by atomic mass is 32.1. The fourth-order valence-electron chi connectivity index (χ4n) is 2.94. The smallest absolute Gasteiger partial charge is 0.252 e. The summed E-state index contributed by atoms with van der Waals surface area (Å²) in [6, 6.07) is 12.1. The largest absolute Gasteiger partial charge is 0.495 e. The van der Waals surface area contributed by atoms with Gasteiger partial charge in [0.15, 0.2) is 4.80 Å². The van der Waals surface area contributed by atoms with Crippen LogP contribution in [0.25, 0.3) is 10.2 Å². The van der Waals surface area contributed by atoms with E-state index in [1.807, 2.05) is 43.5 Å². The van der Waals surface area contributed by atoms with Crippen molar-refractivity contribution in [3.05, 3.63) is 57.9 Å². The number of benzene rings is 2. The van der Waals surface area contributed by atoms with Gasteiger partial charge in [0.2, 0.25) is 0 Å². The second kappa shape index (κ2) is 7.23. The number of amides is 1. The first kappa shape index (κ1) is 17.4. The van der Waals surface area contributed by atoms with Crippen molar-refractivity contribution in [3.8, 4) is 5.75 Å². The van der Waals surface area contributed by atoms with Crippen LogP contribution in [0.15, 0.2) is 41.4 Å². The molecule has 0 radical (unpaired) electrons. The summed E-state index contributed by atoms with van der Waals surface area (Å²) >= 11 is 1.52. The number of aryl methyl sites for hydroxylation is 3. The summed E-state index contributed by atoms with van der Waals surface area (Å²) in [5.74, 6) is 0.681. The second-order valence-electron chi connectivity index (χ2n) is 6.05. The monoisotopic (exact) mass is 354 g/mol. The van der Waals surface area contributed by atoms with Gasteiger partial charge in [0.1, 0.15) is 11.3 Å². The second-order valence-corrected chi connectivity index (χ2v) is 7.06. The molecule has 25 heavy (non-hydrogen) atoms. The number of rotatable bonds is 4. The Hall–Kier alpha value is -2.40. The van der Waals surface area contributed by atoms with Crippen molar-refractivity contribution in [1.82, 2.24) is 4.57 Å². The molecule has 1 amide bonds. The Balaban J connectivity index is 2.03. The quantitative estimate of drug-likeness (QED) is 0.710. The van der Waals surface area contributed by atoms with Crippen LogP contribution in [0.4, 0.5) is 0 Å². The average Bonchev–Trinajstić information content (AvgIpc) is 2.94. The van der Waals surface area contributed by atoms with Gasteiger partial charge in [-0.25, -0.2) is 0 Å². The minimum Gasteiger partial charge on any atom is -0.495 e. The van der Waals surface area contributed by atoms with Crippen LogP contribution in [0.5, 0.6) is 5.75 Å². The molecule has 1 heterocycles. The molecule has 130 valence electrons. The van der Waals surface area contributed by atoms with Gasteiger partial charge >= 0.3 is 0 Å². The van der Waals surface area contributed by atoms with Gasteiger partial charge in [-0.1, -0.05) is 41.2 Å². The third kappa shape index (κ3) is 3.51. The van der Waals surface area contributed by atoms with E-state index in [2.05, 4.69) is 23.2 Å². The summed E-state index contributed by atoms with van der Waals surface area (Å²) in [4.78, 5) is 17.7. The van der Waals surface area contributed by atoms with E-state index >= 15 is 0 Å². The van der Waals surface area contributed by atoms with Crippen molar-refractivity contribution >= 4 is 27.5 Å². The Morgan fingerprint density at radius 2 is 2.04 bits per heavy atom. The molecule has 0 aliphatic rings. The van der Waals surface area contributed by atoms with E-state index in [9.17, 15) is 4.79 Å². The van der Waals surface area contributed by atoms with Crippen molar-refractivity contribution in [3.63, 3.8) is 0 Å². The fraction of sp³-hybridized carbons (Fsp3) is 0.300. The zero-order chi connectivity index (χ0) is 18.0. The van der Waals surface area contributed by atoms with Gasteiger partial charge < -0.3 is 9.30 Å². The van der Waals surface area contributed by atoms with E-state index in [0.717, 1.165) is 44.0 Å². The Morgan fingerprint density at radius 3 is 2.76 bits per heavy atom. The lowest BCUT2D eigenvalue weighted by molar-refractivity contribution is -0.117. The topological polar surface area (TPSA) is 43.6 Å². The van der Waals surface area contributed by atoms with Crippen LogP contribution >= 0.6 is 11.3 Å². The first-order chi connectivity index (χ1) is 12.0. The molecule has 0 unspecified atom stereocenters. The summed E-state index contributed by atoms with van der Waals surface area (Å²) in [6.07, 6.45) is 0.322. The summed E-state index contributed by atoms with van der Waals surface area (Å²) in [7, 11) is 1.66. The molecule has 0 atom stereocenters. The molecule has 3 rings (SSSR count). The number of methoxy groups -OCH3 is 1. The van der Waals surface area contributed by atoms with E-state index in [1.165, 1.54) is 11.3 Å². The Labute approximate surface area is 151 Å². The first-order valence-corrected chi connectivity index (χ1v) is 9.15. The van der Waals surface area contributed by atoms with Gasteiger partial charge in [-0.15, -0.1) is 0 Å². The number of carbonyl (C=O) groups excluding carboxylic acids is 1. The summed E-state index contributed by atoms with van der Waals surface area (Å²) < 4.78 is 8.58. The number of nitrogens with zero attached hydrogens (tertiary/aromatic N) is 2. The van der Waals surface area contributed by atoms with E-state index in [4.69, 9.17) is 4.74 Å². The highest BCUT2D eigenvalue weighted by molar-refractivity contribution is 7.16. The maximum atomic E-state index is 12.5. The van der Waals surface area contributed by atoms with Crippen molar-refractivity contribution < 1.29 is 9.53 Å². The molecule has 0 saturated carbocycles. The number of para-hydroxylation sites is 1. The van der Waals surface area contributed by atoms with Gasteiger partial charge in [0.25, 0.3) is 5.91 Å². The number of fused-ring (bicyclic) bond motifs is 1.